The highest BCUT2D eigenvalue weighted by Gasteiger charge is 2.19. The van der Waals surface area contributed by atoms with Gasteiger partial charge in [0.2, 0.25) is 0 Å². The molecule has 0 aromatic carbocycles. The molecule has 18 heavy (non-hydrogen) atoms. The van der Waals surface area contributed by atoms with E-state index >= 15 is 0 Å². The molecule has 2 nitrogen and oxygen atoms in total. The molecule has 2 unspecified atom stereocenters. The van der Waals surface area contributed by atoms with E-state index in [9.17, 15) is 0 Å². The van der Waals surface area contributed by atoms with Gasteiger partial charge in [0.05, 0.1) is 12.7 Å². The maximum absolute atomic E-state index is 5.26. The fraction of sp³-hybridized carbons (Fsp3) is 0.625. The lowest BCUT2D eigenvalue weighted by atomic mass is 9.96. The molecule has 1 saturated heterocycles. The summed E-state index contributed by atoms with van der Waals surface area (Å²) in [5.74, 6) is 0.610. The monoisotopic (exact) mass is 248 g/mol. The second-order valence-electron chi connectivity index (χ2n) is 5.15. The Morgan fingerprint density at radius 1 is 1.28 bits per heavy atom. The Bertz CT molecular complexity index is 466. The van der Waals surface area contributed by atoms with Crippen LogP contribution in [0.1, 0.15) is 39.2 Å². The number of rotatable bonds is 3. The van der Waals surface area contributed by atoms with Gasteiger partial charge in [-0.3, -0.25) is 0 Å². The number of aryl methyl sites for hydroxylation is 1. The fourth-order valence-electron chi connectivity index (χ4n) is 2.42. The second-order valence-corrected chi connectivity index (χ2v) is 5.15. The topological polar surface area (TPSA) is 18.5 Å². The van der Waals surface area contributed by atoms with Gasteiger partial charge in [-0.1, -0.05) is 38.5 Å². The van der Waals surface area contributed by atoms with Crippen LogP contribution in [0, 0.1) is 16.4 Å². The first-order valence-corrected chi connectivity index (χ1v) is 7.08. The lowest BCUT2D eigenvalue weighted by Crippen LogP contribution is -2.31. The highest BCUT2D eigenvalue weighted by molar-refractivity contribution is 5.33. The van der Waals surface area contributed by atoms with Crippen molar-refractivity contribution in [3.05, 3.63) is 34.2 Å². The summed E-state index contributed by atoms with van der Waals surface area (Å²) in [6.07, 6.45) is 4.09. The van der Waals surface area contributed by atoms with Gasteiger partial charge in [0.25, 0.3) is 0 Å². The van der Waals surface area contributed by atoms with Crippen LogP contribution in [0.4, 0.5) is 0 Å². The molecular weight excluding hydrogens is 224 g/mol. The summed E-state index contributed by atoms with van der Waals surface area (Å²) >= 11 is 0. The van der Waals surface area contributed by atoms with Crippen LogP contribution >= 0.6 is 0 Å². The Balaban J connectivity index is 0.000000134. The molecule has 0 amide bonds. The minimum atomic E-state index is 0.392. The minimum Gasteiger partial charge on any atom is -0.355 e. The summed E-state index contributed by atoms with van der Waals surface area (Å²) in [6, 6.07) is 6.67. The summed E-state index contributed by atoms with van der Waals surface area (Å²) in [5.41, 5.74) is 1.56. The molecule has 2 aliphatic carbocycles. The van der Waals surface area contributed by atoms with Crippen LogP contribution in [0.25, 0.3) is 0 Å². The van der Waals surface area contributed by atoms with Crippen molar-refractivity contribution in [3.8, 4) is 0 Å². The first-order chi connectivity index (χ1) is 8.76. The van der Waals surface area contributed by atoms with E-state index in [1.807, 2.05) is 0 Å². The van der Waals surface area contributed by atoms with Gasteiger partial charge in [-0.15, -0.1) is 0 Å². The Kier molecular flexibility index (Phi) is 4.79. The molecule has 0 radical (unpaired) electrons. The SMILES string of the molecule is CCC1COCOC1C.CCCc1cc2ccc1=2. The number of hydrogen-bond donors (Lipinski definition) is 0. The van der Waals surface area contributed by atoms with Gasteiger partial charge in [-0.2, -0.15) is 0 Å². The Morgan fingerprint density at radius 3 is 2.50 bits per heavy atom. The van der Waals surface area contributed by atoms with Gasteiger partial charge in [-0.25, -0.2) is 0 Å². The van der Waals surface area contributed by atoms with Gasteiger partial charge in [0, 0.05) is 5.92 Å². The van der Waals surface area contributed by atoms with E-state index in [2.05, 4.69) is 39.0 Å². The molecular formula is C16H24O2. The average Bonchev–Trinajstić information content (AvgIpc) is 2.36. The van der Waals surface area contributed by atoms with Crippen LogP contribution in [0.2, 0.25) is 0 Å². The number of hydrogen-bond acceptors (Lipinski definition) is 2. The van der Waals surface area contributed by atoms with E-state index in [0.717, 1.165) is 13.0 Å². The van der Waals surface area contributed by atoms with E-state index in [1.165, 1.54) is 23.3 Å². The van der Waals surface area contributed by atoms with Crippen LogP contribution in [-0.4, -0.2) is 19.5 Å². The summed E-state index contributed by atoms with van der Waals surface area (Å²) in [4.78, 5) is 0. The van der Waals surface area contributed by atoms with Gasteiger partial charge >= 0.3 is 0 Å². The Labute approximate surface area is 110 Å². The van der Waals surface area contributed by atoms with Crippen molar-refractivity contribution in [3.63, 3.8) is 0 Å². The predicted molar refractivity (Wildman–Crippen MR) is 73.3 cm³/mol. The molecule has 3 aliphatic rings. The van der Waals surface area contributed by atoms with E-state index in [-0.39, 0.29) is 0 Å². The summed E-state index contributed by atoms with van der Waals surface area (Å²) in [6.45, 7) is 7.85. The van der Waals surface area contributed by atoms with Gasteiger partial charge in [-0.05, 0) is 35.8 Å². The second kappa shape index (κ2) is 6.35. The van der Waals surface area contributed by atoms with Crippen molar-refractivity contribution in [2.24, 2.45) is 5.92 Å². The van der Waals surface area contributed by atoms with Gasteiger partial charge < -0.3 is 9.47 Å². The largest absolute Gasteiger partial charge is 0.355 e. The van der Waals surface area contributed by atoms with Crippen molar-refractivity contribution < 1.29 is 9.47 Å². The zero-order valence-electron chi connectivity index (χ0n) is 11.7. The van der Waals surface area contributed by atoms with Crippen LogP contribution in [-0.2, 0) is 15.9 Å². The quantitative estimate of drug-likeness (QED) is 0.825. The maximum atomic E-state index is 5.26. The van der Waals surface area contributed by atoms with Crippen molar-refractivity contribution in [1.29, 1.82) is 0 Å². The highest BCUT2D eigenvalue weighted by atomic mass is 16.7. The molecule has 1 fully saturated rings. The van der Waals surface area contributed by atoms with E-state index < -0.39 is 0 Å². The highest BCUT2D eigenvalue weighted by Crippen LogP contribution is 2.17. The van der Waals surface area contributed by atoms with Crippen molar-refractivity contribution in [1.82, 2.24) is 0 Å². The number of benzene rings is 1. The molecule has 0 aromatic heterocycles. The van der Waals surface area contributed by atoms with Crippen LogP contribution in [0.5, 0.6) is 0 Å². The smallest absolute Gasteiger partial charge is 0.147 e. The lowest BCUT2D eigenvalue weighted by Gasteiger charge is -2.27. The molecule has 0 spiro atoms. The third kappa shape index (κ3) is 2.93. The predicted octanol–water partition coefficient (Wildman–Crippen LogP) is 3.64. The summed E-state index contributed by atoms with van der Waals surface area (Å²) < 4.78 is 10.4. The van der Waals surface area contributed by atoms with Crippen LogP contribution < -0.4 is 0 Å². The molecule has 0 N–H and O–H groups in total. The zero-order chi connectivity index (χ0) is 13.0. The molecule has 0 bridgehead atoms. The van der Waals surface area contributed by atoms with Crippen LogP contribution in [0.15, 0.2) is 18.2 Å². The van der Waals surface area contributed by atoms with Crippen molar-refractivity contribution in [2.75, 3.05) is 13.4 Å². The third-order valence-electron chi connectivity index (χ3n) is 3.87. The molecule has 0 saturated carbocycles. The standard InChI is InChI=1S/C9H10.C7H14O2/c1-2-3-7-6-8-4-5-9(7)8;1-3-7-4-8-5-9-6(7)2/h4-6H,2-3H2,1H3;6-7H,3-5H2,1-2H3. The maximum Gasteiger partial charge on any atom is 0.147 e. The van der Waals surface area contributed by atoms with Gasteiger partial charge in [0.1, 0.15) is 6.79 Å². The van der Waals surface area contributed by atoms with E-state index in [4.69, 9.17) is 9.47 Å². The van der Waals surface area contributed by atoms with Crippen molar-refractivity contribution in [2.45, 2.75) is 46.1 Å². The molecule has 100 valence electrons. The van der Waals surface area contributed by atoms with Gasteiger partial charge in [0.15, 0.2) is 0 Å². The Morgan fingerprint density at radius 2 is 2.11 bits per heavy atom. The number of ether oxygens (including phenoxy) is 2. The minimum absolute atomic E-state index is 0.392. The van der Waals surface area contributed by atoms with Crippen molar-refractivity contribution >= 4 is 0 Å². The normalized spacial score (nSPS) is 24.2. The van der Waals surface area contributed by atoms with E-state index in [0.29, 0.717) is 18.8 Å². The lowest BCUT2D eigenvalue weighted by molar-refractivity contribution is -0.163. The first kappa shape index (κ1) is 13.6. The summed E-state index contributed by atoms with van der Waals surface area (Å²) in [7, 11) is 0. The zero-order valence-corrected chi connectivity index (χ0v) is 11.7. The van der Waals surface area contributed by atoms with Crippen LogP contribution in [0.3, 0.4) is 0 Å². The third-order valence-corrected chi connectivity index (χ3v) is 3.87. The Hall–Kier alpha value is -0.860. The summed E-state index contributed by atoms with van der Waals surface area (Å²) in [5, 5.41) is 3.00. The molecule has 0 aromatic rings. The van der Waals surface area contributed by atoms with E-state index in [1.54, 1.807) is 5.56 Å². The fourth-order valence-corrected chi connectivity index (χ4v) is 2.42. The average molecular weight is 248 g/mol. The molecule has 1 heterocycles. The molecule has 1 aliphatic heterocycles. The molecule has 2 atom stereocenters. The first-order valence-electron chi connectivity index (χ1n) is 7.08. The molecule has 2 heteroatoms. The molecule has 3 rings (SSSR count).